The van der Waals surface area contributed by atoms with Gasteiger partial charge in [0.2, 0.25) is 5.16 Å². The Morgan fingerprint density at radius 3 is 3.03 bits per heavy atom. The summed E-state index contributed by atoms with van der Waals surface area (Å²) < 4.78 is 12.7. The maximum absolute atomic E-state index is 12.7. The molecule has 3 heterocycles. The second-order valence-corrected chi connectivity index (χ2v) is 7.81. The Morgan fingerprint density at radius 1 is 1.38 bits per heavy atom. The molecule has 0 bridgehead atoms. The van der Waals surface area contributed by atoms with Crippen LogP contribution in [0.2, 0.25) is 0 Å². The maximum Gasteiger partial charge on any atom is 0.340 e. The van der Waals surface area contributed by atoms with Crippen LogP contribution in [0.1, 0.15) is 41.4 Å². The van der Waals surface area contributed by atoms with Crippen molar-refractivity contribution < 1.29 is 14.3 Å². The number of carbonyl (C=O) groups is 1. The minimum Gasteiger partial charge on any atom is -0.462 e. The minimum absolute atomic E-state index is 0.147. The van der Waals surface area contributed by atoms with Gasteiger partial charge >= 0.3 is 5.97 Å². The summed E-state index contributed by atoms with van der Waals surface area (Å²) in [5.74, 6) is 0.115. The number of aryl methyl sites for hydroxylation is 1. The third kappa shape index (κ3) is 4.25. The highest BCUT2D eigenvalue weighted by Crippen LogP contribution is 2.28. The lowest BCUT2D eigenvalue weighted by Crippen LogP contribution is -2.17. The number of tetrazole rings is 1. The summed E-state index contributed by atoms with van der Waals surface area (Å²) in [5.41, 5.74) is 2.93. The molecular weight excluding hydrogens is 390 g/mol. The Morgan fingerprint density at radius 2 is 2.24 bits per heavy atom. The maximum atomic E-state index is 12.7. The molecule has 1 unspecified atom stereocenters. The molecule has 1 aromatic carbocycles. The third-order valence-corrected chi connectivity index (χ3v) is 5.91. The molecule has 2 aromatic heterocycles. The van der Waals surface area contributed by atoms with Crippen molar-refractivity contribution in [3.8, 4) is 0 Å². The Balaban J connectivity index is 1.61. The molecule has 1 fully saturated rings. The number of pyridine rings is 1. The van der Waals surface area contributed by atoms with Gasteiger partial charge in [-0.15, -0.1) is 5.10 Å². The first kappa shape index (κ1) is 19.8. The minimum atomic E-state index is -0.349. The number of thioether (sulfide) groups is 1. The molecule has 0 aliphatic carbocycles. The molecule has 3 aromatic rings. The number of hydrogen-bond acceptors (Lipinski definition) is 8. The predicted molar refractivity (Wildman–Crippen MR) is 109 cm³/mol. The quantitative estimate of drug-likeness (QED) is 0.431. The van der Waals surface area contributed by atoms with Crippen molar-refractivity contribution in [3.63, 3.8) is 0 Å². The predicted octanol–water partition coefficient (Wildman–Crippen LogP) is 3.18. The Bertz CT molecular complexity index is 1020. The summed E-state index contributed by atoms with van der Waals surface area (Å²) in [5, 5.41) is 13.7. The number of para-hydroxylation sites is 1. The highest BCUT2D eigenvalue weighted by molar-refractivity contribution is 7.98. The fraction of sp³-hybridized carbons (Fsp3) is 0.450. The van der Waals surface area contributed by atoms with Crippen LogP contribution < -0.4 is 0 Å². The second kappa shape index (κ2) is 8.87. The zero-order chi connectivity index (χ0) is 20.2. The molecular formula is C20H23N5O3S. The number of ether oxygens (including phenoxy) is 2. The molecule has 152 valence electrons. The molecule has 1 atom stereocenters. The zero-order valence-electron chi connectivity index (χ0n) is 16.5. The van der Waals surface area contributed by atoms with Crippen LogP contribution in [0.4, 0.5) is 0 Å². The molecule has 1 aliphatic heterocycles. The average molecular weight is 414 g/mol. The van der Waals surface area contributed by atoms with Gasteiger partial charge in [-0.05, 0) is 48.7 Å². The number of benzene rings is 1. The van der Waals surface area contributed by atoms with E-state index < -0.39 is 0 Å². The summed E-state index contributed by atoms with van der Waals surface area (Å²) in [4.78, 5) is 17.4. The van der Waals surface area contributed by atoms with Crippen LogP contribution in [-0.4, -0.2) is 50.5 Å². The van der Waals surface area contributed by atoms with Crippen LogP contribution in [0, 0.1) is 6.92 Å². The monoisotopic (exact) mass is 413 g/mol. The van der Waals surface area contributed by atoms with Crippen molar-refractivity contribution in [1.29, 1.82) is 0 Å². The smallest absolute Gasteiger partial charge is 0.340 e. The standard InChI is InChI=1S/C20H23N5O3S/c1-3-27-19(26)18-13(2)15-8-4-5-9-16(15)21-17(18)12-29-20-22-23-24-25(20)11-14-7-6-10-28-14/h4-5,8-9,14H,3,6-7,10-12H2,1-2H3. The number of esters is 1. The van der Waals surface area contributed by atoms with E-state index in [2.05, 4.69) is 15.5 Å². The van der Waals surface area contributed by atoms with Gasteiger partial charge in [0.05, 0.1) is 36.0 Å². The van der Waals surface area contributed by atoms with Crippen LogP contribution in [0.15, 0.2) is 29.4 Å². The zero-order valence-corrected chi connectivity index (χ0v) is 17.3. The SMILES string of the molecule is CCOC(=O)c1c(CSc2nnnn2CC2CCCO2)nc2ccccc2c1C. The summed E-state index contributed by atoms with van der Waals surface area (Å²) in [6.07, 6.45) is 2.23. The molecule has 9 heteroatoms. The molecule has 4 rings (SSSR count). The van der Waals surface area contributed by atoms with Crippen molar-refractivity contribution in [1.82, 2.24) is 25.2 Å². The number of fused-ring (bicyclic) bond motifs is 1. The van der Waals surface area contributed by atoms with E-state index in [1.54, 1.807) is 11.6 Å². The van der Waals surface area contributed by atoms with Gasteiger partial charge in [0.1, 0.15) is 0 Å². The van der Waals surface area contributed by atoms with Crippen molar-refractivity contribution in [2.24, 2.45) is 0 Å². The molecule has 1 saturated heterocycles. The van der Waals surface area contributed by atoms with Gasteiger partial charge in [-0.25, -0.2) is 9.48 Å². The molecule has 29 heavy (non-hydrogen) atoms. The van der Waals surface area contributed by atoms with Crippen LogP contribution in [0.25, 0.3) is 10.9 Å². The van der Waals surface area contributed by atoms with Crippen LogP contribution in [0.3, 0.4) is 0 Å². The van der Waals surface area contributed by atoms with Crippen molar-refractivity contribution >= 4 is 28.6 Å². The number of rotatable bonds is 7. The first-order valence-electron chi connectivity index (χ1n) is 9.73. The highest BCUT2D eigenvalue weighted by atomic mass is 32.2. The summed E-state index contributed by atoms with van der Waals surface area (Å²) in [6.45, 7) is 5.47. The van der Waals surface area contributed by atoms with E-state index >= 15 is 0 Å². The van der Waals surface area contributed by atoms with E-state index in [-0.39, 0.29) is 12.1 Å². The first-order chi connectivity index (χ1) is 14.2. The van der Waals surface area contributed by atoms with Gasteiger partial charge in [0.15, 0.2) is 0 Å². The summed E-state index contributed by atoms with van der Waals surface area (Å²) in [7, 11) is 0. The lowest BCUT2D eigenvalue weighted by Gasteiger charge is -2.14. The molecule has 0 spiro atoms. The Hall–Kier alpha value is -2.52. The van der Waals surface area contributed by atoms with Gasteiger partial charge in [-0.1, -0.05) is 30.0 Å². The molecule has 0 amide bonds. The van der Waals surface area contributed by atoms with Crippen LogP contribution >= 0.6 is 11.8 Å². The van der Waals surface area contributed by atoms with Crippen LogP contribution in [-0.2, 0) is 21.8 Å². The van der Waals surface area contributed by atoms with Crippen LogP contribution in [0.5, 0.6) is 0 Å². The van der Waals surface area contributed by atoms with Gasteiger partial charge in [-0.2, -0.15) is 0 Å². The third-order valence-electron chi connectivity index (χ3n) is 4.94. The largest absolute Gasteiger partial charge is 0.462 e. The number of hydrogen-bond donors (Lipinski definition) is 0. The molecule has 0 radical (unpaired) electrons. The van der Waals surface area contributed by atoms with E-state index in [1.807, 2.05) is 31.2 Å². The highest BCUT2D eigenvalue weighted by Gasteiger charge is 2.22. The average Bonchev–Trinajstić information content (AvgIpc) is 3.39. The van der Waals surface area contributed by atoms with E-state index in [0.717, 1.165) is 35.9 Å². The van der Waals surface area contributed by atoms with E-state index in [4.69, 9.17) is 14.5 Å². The normalized spacial score (nSPS) is 16.4. The Kier molecular flexibility index (Phi) is 6.05. The Labute approximate surface area is 173 Å². The van der Waals surface area contributed by atoms with Gasteiger partial charge in [0, 0.05) is 17.7 Å². The fourth-order valence-electron chi connectivity index (χ4n) is 3.55. The lowest BCUT2D eigenvalue weighted by molar-refractivity contribution is 0.0524. The van der Waals surface area contributed by atoms with E-state index in [1.165, 1.54) is 11.8 Å². The van der Waals surface area contributed by atoms with E-state index in [0.29, 0.717) is 35.3 Å². The van der Waals surface area contributed by atoms with Crippen molar-refractivity contribution in [3.05, 3.63) is 41.1 Å². The lowest BCUT2D eigenvalue weighted by atomic mass is 10.0. The van der Waals surface area contributed by atoms with Gasteiger partial charge in [-0.3, -0.25) is 4.98 Å². The van der Waals surface area contributed by atoms with E-state index in [9.17, 15) is 4.79 Å². The fourth-order valence-corrected chi connectivity index (χ4v) is 4.38. The van der Waals surface area contributed by atoms with Crippen molar-refractivity contribution in [2.75, 3.05) is 13.2 Å². The van der Waals surface area contributed by atoms with Gasteiger partial charge < -0.3 is 9.47 Å². The number of aromatic nitrogens is 5. The molecule has 1 aliphatic rings. The van der Waals surface area contributed by atoms with Gasteiger partial charge in [0.25, 0.3) is 0 Å². The summed E-state index contributed by atoms with van der Waals surface area (Å²) >= 11 is 1.46. The number of nitrogens with zero attached hydrogens (tertiary/aromatic N) is 5. The molecule has 0 saturated carbocycles. The number of carbonyl (C=O) groups excluding carboxylic acids is 1. The molecule has 8 nitrogen and oxygen atoms in total. The second-order valence-electron chi connectivity index (χ2n) is 6.86. The molecule has 0 N–H and O–H groups in total. The summed E-state index contributed by atoms with van der Waals surface area (Å²) in [6, 6.07) is 7.81. The first-order valence-corrected chi connectivity index (χ1v) is 10.7. The van der Waals surface area contributed by atoms with Crippen molar-refractivity contribution in [2.45, 2.75) is 50.2 Å². The topological polar surface area (TPSA) is 92.0 Å².